The van der Waals surface area contributed by atoms with Crippen LogP contribution in [0.15, 0.2) is 6.20 Å². The number of nitrogens with two attached hydrogens (primary N) is 1. The zero-order valence-electron chi connectivity index (χ0n) is 10.2. The molecular formula is C11H16N4OS. The number of nitrogens with zero attached hydrogens (tertiary/aromatic N) is 2. The highest BCUT2D eigenvalue weighted by Crippen LogP contribution is 2.52. The molecule has 0 saturated heterocycles. The lowest BCUT2D eigenvalue weighted by Gasteiger charge is -2.08. The molecule has 1 aliphatic rings. The van der Waals surface area contributed by atoms with Crippen LogP contribution in [0.2, 0.25) is 0 Å². The van der Waals surface area contributed by atoms with Gasteiger partial charge in [-0.1, -0.05) is 26.1 Å². The van der Waals surface area contributed by atoms with Crippen LogP contribution >= 0.6 is 12.2 Å². The molecule has 1 fully saturated rings. The van der Waals surface area contributed by atoms with Crippen molar-refractivity contribution in [1.29, 1.82) is 0 Å². The molecule has 1 aliphatic carbocycles. The van der Waals surface area contributed by atoms with Crippen LogP contribution in [-0.2, 0) is 11.8 Å². The fourth-order valence-corrected chi connectivity index (χ4v) is 2.03. The molecule has 5 nitrogen and oxygen atoms in total. The number of rotatable bonds is 3. The molecule has 17 heavy (non-hydrogen) atoms. The fraction of sp³-hybridized carbons (Fsp3) is 0.545. The maximum Gasteiger partial charge on any atom is 0.229 e. The molecule has 0 aliphatic heterocycles. The summed E-state index contributed by atoms with van der Waals surface area (Å²) in [6.07, 6.45) is 2.48. The summed E-state index contributed by atoms with van der Waals surface area (Å²) >= 11 is 4.92. The molecule has 0 aromatic carbocycles. The Labute approximate surface area is 105 Å². The zero-order chi connectivity index (χ0) is 12.8. The van der Waals surface area contributed by atoms with Gasteiger partial charge < -0.3 is 11.1 Å². The van der Waals surface area contributed by atoms with Gasteiger partial charge in [-0.3, -0.25) is 9.48 Å². The van der Waals surface area contributed by atoms with Crippen LogP contribution in [0.25, 0.3) is 0 Å². The Bertz CT molecular complexity index is 492. The van der Waals surface area contributed by atoms with E-state index >= 15 is 0 Å². The zero-order valence-corrected chi connectivity index (χ0v) is 11.0. The molecule has 1 atom stereocenters. The van der Waals surface area contributed by atoms with E-state index in [1.165, 1.54) is 0 Å². The molecular weight excluding hydrogens is 236 g/mol. The molecule has 3 N–H and O–H groups in total. The van der Waals surface area contributed by atoms with E-state index in [0.29, 0.717) is 11.4 Å². The summed E-state index contributed by atoms with van der Waals surface area (Å²) < 4.78 is 1.57. The van der Waals surface area contributed by atoms with Crippen LogP contribution in [0.4, 0.5) is 5.82 Å². The molecule has 92 valence electrons. The van der Waals surface area contributed by atoms with Crippen molar-refractivity contribution in [3.63, 3.8) is 0 Å². The van der Waals surface area contributed by atoms with Gasteiger partial charge >= 0.3 is 0 Å². The van der Waals surface area contributed by atoms with Crippen LogP contribution in [0.5, 0.6) is 0 Å². The second kappa shape index (κ2) is 3.80. The van der Waals surface area contributed by atoms with E-state index in [0.717, 1.165) is 6.42 Å². The normalized spacial score (nSPS) is 21.0. The minimum atomic E-state index is 0.0103. The van der Waals surface area contributed by atoms with E-state index in [-0.39, 0.29) is 22.2 Å². The summed E-state index contributed by atoms with van der Waals surface area (Å²) in [6, 6.07) is 0. The average Bonchev–Trinajstić information content (AvgIpc) is 2.70. The third-order valence-corrected chi connectivity index (χ3v) is 3.50. The van der Waals surface area contributed by atoms with Gasteiger partial charge in [-0.25, -0.2) is 0 Å². The van der Waals surface area contributed by atoms with Crippen molar-refractivity contribution in [2.45, 2.75) is 20.3 Å². The smallest absolute Gasteiger partial charge is 0.229 e. The van der Waals surface area contributed by atoms with Crippen molar-refractivity contribution in [2.24, 2.45) is 24.1 Å². The molecule has 1 unspecified atom stereocenters. The van der Waals surface area contributed by atoms with Gasteiger partial charge in [0.05, 0.1) is 11.8 Å². The minimum Gasteiger partial charge on any atom is -0.389 e. The van der Waals surface area contributed by atoms with Crippen molar-refractivity contribution in [2.75, 3.05) is 5.32 Å². The van der Waals surface area contributed by atoms with Crippen LogP contribution in [-0.4, -0.2) is 20.7 Å². The summed E-state index contributed by atoms with van der Waals surface area (Å²) in [6.45, 7) is 4.16. The largest absolute Gasteiger partial charge is 0.389 e. The van der Waals surface area contributed by atoms with Gasteiger partial charge in [0.1, 0.15) is 10.8 Å². The number of amides is 1. The van der Waals surface area contributed by atoms with Gasteiger partial charge in [-0.15, -0.1) is 0 Å². The standard InChI is InChI=1S/C11H16N4OS/c1-11(2)4-7(11)10(16)14-9-6(8(12)17)5-13-15(9)3/h5,7H,4H2,1-3H3,(H2,12,17)(H,14,16). The lowest BCUT2D eigenvalue weighted by atomic mass is 10.1. The van der Waals surface area contributed by atoms with E-state index in [9.17, 15) is 4.79 Å². The molecule has 1 amide bonds. The van der Waals surface area contributed by atoms with Gasteiger partial charge in [-0.2, -0.15) is 5.10 Å². The van der Waals surface area contributed by atoms with Gasteiger partial charge in [0.2, 0.25) is 5.91 Å². The molecule has 1 heterocycles. The van der Waals surface area contributed by atoms with Crippen LogP contribution < -0.4 is 11.1 Å². The minimum absolute atomic E-state index is 0.0103. The van der Waals surface area contributed by atoms with E-state index in [2.05, 4.69) is 24.3 Å². The molecule has 2 rings (SSSR count). The Morgan fingerprint density at radius 1 is 1.71 bits per heavy atom. The van der Waals surface area contributed by atoms with Crippen molar-refractivity contribution in [3.8, 4) is 0 Å². The van der Waals surface area contributed by atoms with Crippen molar-refractivity contribution < 1.29 is 4.79 Å². The Kier molecular flexibility index (Phi) is 2.69. The Morgan fingerprint density at radius 3 is 2.76 bits per heavy atom. The van der Waals surface area contributed by atoms with Crippen LogP contribution in [0.1, 0.15) is 25.8 Å². The van der Waals surface area contributed by atoms with E-state index in [1.54, 1.807) is 17.9 Å². The molecule has 0 bridgehead atoms. The monoisotopic (exact) mass is 252 g/mol. The number of nitrogens with one attached hydrogen (secondary N) is 1. The molecule has 0 radical (unpaired) electrons. The predicted molar refractivity (Wildman–Crippen MR) is 69.6 cm³/mol. The summed E-state index contributed by atoms with van der Waals surface area (Å²) in [5.74, 6) is 0.651. The number of hydrogen-bond acceptors (Lipinski definition) is 3. The number of carbonyl (C=O) groups excluding carboxylic acids is 1. The van der Waals surface area contributed by atoms with Crippen molar-refractivity contribution in [1.82, 2.24) is 9.78 Å². The SMILES string of the molecule is Cn1ncc(C(N)=S)c1NC(=O)C1CC1(C)C. The summed E-state index contributed by atoms with van der Waals surface area (Å²) in [7, 11) is 1.75. The van der Waals surface area contributed by atoms with Gasteiger partial charge in [-0.05, 0) is 11.8 Å². The molecule has 1 saturated carbocycles. The maximum atomic E-state index is 12.0. The van der Waals surface area contributed by atoms with Gasteiger partial charge in [0, 0.05) is 13.0 Å². The van der Waals surface area contributed by atoms with E-state index < -0.39 is 0 Å². The second-order valence-corrected chi connectivity index (χ2v) is 5.57. The maximum absolute atomic E-state index is 12.0. The fourth-order valence-electron chi connectivity index (χ4n) is 1.88. The first-order valence-corrected chi connectivity index (χ1v) is 5.86. The quantitative estimate of drug-likeness (QED) is 0.788. The number of aromatic nitrogens is 2. The number of aryl methyl sites for hydroxylation is 1. The number of anilines is 1. The first-order valence-electron chi connectivity index (χ1n) is 5.45. The molecule has 6 heteroatoms. The van der Waals surface area contributed by atoms with E-state index in [4.69, 9.17) is 18.0 Å². The highest BCUT2D eigenvalue weighted by Gasteiger charge is 2.50. The Morgan fingerprint density at radius 2 is 2.29 bits per heavy atom. The Balaban J connectivity index is 2.16. The lowest BCUT2D eigenvalue weighted by Crippen LogP contribution is -2.21. The summed E-state index contributed by atoms with van der Waals surface area (Å²) in [5.41, 5.74) is 6.28. The topological polar surface area (TPSA) is 72.9 Å². The molecule has 0 spiro atoms. The second-order valence-electron chi connectivity index (χ2n) is 5.13. The van der Waals surface area contributed by atoms with Crippen LogP contribution in [0, 0.1) is 11.3 Å². The number of hydrogen-bond donors (Lipinski definition) is 2. The summed E-state index contributed by atoms with van der Waals surface area (Å²) in [4.78, 5) is 12.2. The summed E-state index contributed by atoms with van der Waals surface area (Å²) in [5, 5.41) is 6.89. The third-order valence-electron chi connectivity index (χ3n) is 3.28. The first kappa shape index (κ1) is 12.0. The van der Waals surface area contributed by atoms with E-state index in [1.807, 2.05) is 0 Å². The average molecular weight is 252 g/mol. The number of thiocarbonyl (C=S) groups is 1. The lowest BCUT2D eigenvalue weighted by molar-refractivity contribution is -0.118. The Hall–Kier alpha value is -1.43. The van der Waals surface area contributed by atoms with Gasteiger partial charge in [0.25, 0.3) is 0 Å². The molecule has 1 aromatic rings. The highest BCUT2D eigenvalue weighted by molar-refractivity contribution is 7.80. The third kappa shape index (κ3) is 2.17. The predicted octanol–water partition coefficient (Wildman–Crippen LogP) is 1.04. The van der Waals surface area contributed by atoms with Crippen molar-refractivity contribution >= 4 is 28.9 Å². The first-order chi connectivity index (χ1) is 7.83. The van der Waals surface area contributed by atoms with Crippen molar-refractivity contribution in [3.05, 3.63) is 11.8 Å². The van der Waals surface area contributed by atoms with Gasteiger partial charge in [0.15, 0.2) is 0 Å². The van der Waals surface area contributed by atoms with Crippen LogP contribution in [0.3, 0.4) is 0 Å². The molecule has 1 aromatic heterocycles. The number of carbonyl (C=O) groups is 1. The highest BCUT2D eigenvalue weighted by atomic mass is 32.1.